The minimum Gasteiger partial charge on any atom is -0.480 e. The molecule has 59 heavy (non-hydrogen) atoms. The Morgan fingerprint density at radius 1 is 0.712 bits per heavy atom. The molecule has 320 valence electrons. The lowest BCUT2D eigenvalue weighted by atomic mass is 9.98. The van der Waals surface area contributed by atoms with Crippen LogP contribution in [-0.4, -0.2) is 115 Å². The van der Waals surface area contributed by atoms with E-state index in [0.29, 0.717) is 0 Å². The van der Waals surface area contributed by atoms with Gasteiger partial charge in [0.25, 0.3) is 0 Å². The molecule has 0 fully saturated rings. The van der Waals surface area contributed by atoms with Crippen molar-refractivity contribution in [3.05, 3.63) is 59.7 Å². The van der Waals surface area contributed by atoms with Crippen molar-refractivity contribution in [2.75, 3.05) is 32.8 Å². The van der Waals surface area contributed by atoms with Crippen LogP contribution in [0.15, 0.2) is 48.5 Å². The van der Waals surface area contributed by atoms with Crippen molar-refractivity contribution in [3.8, 4) is 11.1 Å². The Morgan fingerprint density at radius 3 is 1.92 bits per heavy atom. The number of benzene rings is 2. The van der Waals surface area contributed by atoms with Crippen LogP contribution in [0.2, 0.25) is 0 Å². The van der Waals surface area contributed by atoms with Crippen molar-refractivity contribution in [2.24, 2.45) is 5.73 Å². The van der Waals surface area contributed by atoms with Gasteiger partial charge in [-0.2, -0.15) is 0 Å². The molecule has 0 spiro atoms. The van der Waals surface area contributed by atoms with Crippen LogP contribution in [0.1, 0.15) is 70.4 Å². The van der Waals surface area contributed by atoms with Crippen molar-refractivity contribution in [1.82, 2.24) is 31.9 Å². The first kappa shape index (κ1) is 46.7. The second kappa shape index (κ2) is 22.3. The summed E-state index contributed by atoms with van der Waals surface area (Å²) < 4.78 is 15.7. The van der Waals surface area contributed by atoms with E-state index in [0.717, 1.165) is 22.3 Å². The number of rotatable bonds is 21. The smallest absolute Gasteiger partial charge is 0.408 e. The Balaban J connectivity index is 1.41. The van der Waals surface area contributed by atoms with Crippen molar-refractivity contribution in [3.63, 3.8) is 0 Å². The largest absolute Gasteiger partial charge is 0.480 e. The van der Waals surface area contributed by atoms with Crippen molar-refractivity contribution in [1.29, 1.82) is 0 Å². The summed E-state index contributed by atoms with van der Waals surface area (Å²) in [6.45, 7) is 4.66. The molecule has 0 saturated heterocycles. The van der Waals surface area contributed by atoms with Crippen LogP contribution in [0, 0.1) is 0 Å². The topological polar surface area (TPSA) is 300 Å². The average Bonchev–Trinajstić information content (AvgIpc) is 3.48. The summed E-state index contributed by atoms with van der Waals surface area (Å²) >= 11 is 0. The molecule has 0 radical (unpaired) electrons. The van der Waals surface area contributed by atoms with Gasteiger partial charge in [-0.15, -0.1) is 0 Å². The van der Waals surface area contributed by atoms with E-state index in [-0.39, 0.29) is 44.9 Å². The van der Waals surface area contributed by atoms with E-state index in [1.54, 1.807) is 20.8 Å². The van der Waals surface area contributed by atoms with Crippen molar-refractivity contribution >= 4 is 53.7 Å². The second-order valence-electron chi connectivity index (χ2n) is 14.4. The number of hydrogen-bond acceptors (Lipinski definition) is 12. The molecule has 0 saturated carbocycles. The number of primary amides is 1. The summed E-state index contributed by atoms with van der Waals surface area (Å²) in [7, 11) is 0. The molecular formula is C39H51N7O13. The minimum atomic E-state index is -1.46. The fourth-order valence-electron chi connectivity index (χ4n) is 5.74. The number of nitrogens with two attached hydrogens (primary N) is 1. The van der Waals surface area contributed by atoms with E-state index in [1.165, 1.54) is 6.92 Å². The Bertz CT molecular complexity index is 1840. The zero-order valence-electron chi connectivity index (χ0n) is 33.2. The third kappa shape index (κ3) is 16.0. The van der Waals surface area contributed by atoms with Crippen molar-refractivity contribution < 1.29 is 62.5 Å². The molecule has 0 heterocycles. The number of carboxylic acid groups (broad SMARTS) is 1. The first-order valence-electron chi connectivity index (χ1n) is 18.7. The van der Waals surface area contributed by atoms with E-state index in [4.69, 9.17) is 19.9 Å². The molecule has 3 rings (SSSR count). The van der Waals surface area contributed by atoms with Crippen LogP contribution < -0.4 is 37.6 Å². The van der Waals surface area contributed by atoms with E-state index >= 15 is 0 Å². The first-order valence-corrected chi connectivity index (χ1v) is 18.7. The number of carbonyl (C=O) groups excluding carboxylic acids is 8. The number of aliphatic carboxylic acids is 1. The van der Waals surface area contributed by atoms with E-state index in [2.05, 4.69) is 31.9 Å². The molecule has 0 bridgehead atoms. The standard InChI is InChI=1S/C39H51N7O13/c1-22(34(51)43-20-32(49)42-19-30(40)47)44-35(52)28(45-38(56)59-39(2,3)4)15-17-41-31(48)16-18-57-33(50)14-13-29(36(53)54)46-37(55)58-21-27-25-11-7-5-9-23(25)24-10-6-8-12-26(24)27/h5-12,22,27-29H,13-21H2,1-4H3,(H2,40,47)(H,41,48)(H,42,49)(H,43,51)(H,44,52)(H,45,56)(H,46,55)(H,53,54)/t22-,28+,29-/m0/s1. The van der Waals surface area contributed by atoms with Crippen LogP contribution in [0.25, 0.3) is 11.1 Å². The lowest BCUT2D eigenvalue weighted by molar-refractivity contribution is -0.145. The highest BCUT2D eigenvalue weighted by atomic mass is 16.6. The Labute approximate surface area is 340 Å². The van der Waals surface area contributed by atoms with Gasteiger partial charge in [-0.25, -0.2) is 14.4 Å². The molecule has 3 atom stereocenters. The van der Waals surface area contributed by atoms with Gasteiger partial charge in [0.1, 0.15) is 36.9 Å². The first-order chi connectivity index (χ1) is 27.8. The van der Waals surface area contributed by atoms with Gasteiger partial charge in [-0.1, -0.05) is 48.5 Å². The highest BCUT2D eigenvalue weighted by Gasteiger charge is 2.31. The van der Waals surface area contributed by atoms with Gasteiger partial charge in [-0.3, -0.25) is 28.8 Å². The Morgan fingerprint density at radius 2 is 1.32 bits per heavy atom. The van der Waals surface area contributed by atoms with Crippen LogP contribution in [0.4, 0.5) is 9.59 Å². The molecule has 1 aliphatic rings. The van der Waals surface area contributed by atoms with Gasteiger partial charge in [0.15, 0.2) is 0 Å². The van der Waals surface area contributed by atoms with Gasteiger partial charge in [-0.05, 0) is 62.8 Å². The number of nitrogens with one attached hydrogen (secondary N) is 6. The highest BCUT2D eigenvalue weighted by molar-refractivity contribution is 5.93. The third-order valence-corrected chi connectivity index (χ3v) is 8.56. The maximum atomic E-state index is 13.0. The summed E-state index contributed by atoms with van der Waals surface area (Å²) in [4.78, 5) is 110. The van der Waals surface area contributed by atoms with Gasteiger partial charge < -0.3 is 57.0 Å². The zero-order valence-corrected chi connectivity index (χ0v) is 33.2. The van der Waals surface area contributed by atoms with Crippen LogP contribution >= 0.6 is 0 Å². The number of carbonyl (C=O) groups is 9. The minimum absolute atomic E-state index is 0.0344. The number of hydrogen-bond donors (Lipinski definition) is 8. The van der Waals surface area contributed by atoms with Crippen molar-refractivity contribution in [2.45, 2.75) is 83.0 Å². The number of ether oxygens (including phenoxy) is 3. The molecule has 2 aromatic rings. The molecule has 20 heteroatoms. The molecule has 0 aromatic heterocycles. The summed E-state index contributed by atoms with van der Waals surface area (Å²) in [5.74, 6) is -6.07. The third-order valence-electron chi connectivity index (χ3n) is 8.56. The zero-order chi connectivity index (χ0) is 43.7. The molecule has 0 unspecified atom stereocenters. The van der Waals surface area contributed by atoms with Gasteiger partial charge in [0.2, 0.25) is 29.5 Å². The quantitative estimate of drug-likeness (QED) is 0.0622. The number of esters is 1. The number of amides is 7. The monoisotopic (exact) mass is 825 g/mol. The highest BCUT2D eigenvalue weighted by Crippen LogP contribution is 2.44. The SMILES string of the molecule is C[C@H](NC(=O)[C@@H](CCNC(=O)CCOC(=O)CC[C@H](NC(=O)OCC1c2ccccc2-c2ccccc21)C(=O)O)NC(=O)OC(C)(C)C)C(=O)NCC(=O)NCC(N)=O. The second-order valence-corrected chi connectivity index (χ2v) is 14.4. The number of alkyl carbamates (subject to hydrolysis) is 2. The molecule has 2 aromatic carbocycles. The van der Waals surface area contributed by atoms with Gasteiger partial charge >= 0.3 is 24.1 Å². The summed E-state index contributed by atoms with van der Waals surface area (Å²) in [6, 6.07) is 11.5. The molecule has 20 nitrogen and oxygen atoms in total. The fourth-order valence-corrected chi connectivity index (χ4v) is 5.74. The summed E-state index contributed by atoms with van der Waals surface area (Å²) in [6.07, 6.45) is -3.08. The van der Waals surface area contributed by atoms with Gasteiger partial charge in [0.05, 0.1) is 19.5 Å². The molecule has 0 aliphatic heterocycles. The number of fused-ring (bicyclic) bond motifs is 3. The molecule has 9 N–H and O–H groups in total. The lowest BCUT2D eigenvalue weighted by Gasteiger charge is -2.24. The maximum absolute atomic E-state index is 13.0. The molecular weight excluding hydrogens is 774 g/mol. The Hall–Kier alpha value is -6.73. The predicted octanol–water partition coefficient (Wildman–Crippen LogP) is 0.314. The van der Waals surface area contributed by atoms with E-state index in [9.17, 15) is 48.3 Å². The summed E-state index contributed by atoms with van der Waals surface area (Å²) in [5, 5.41) is 23.7. The van der Waals surface area contributed by atoms with Crippen LogP contribution in [0.3, 0.4) is 0 Å². The molecule has 7 amide bonds. The average molecular weight is 826 g/mol. The van der Waals surface area contributed by atoms with E-state index < -0.39 is 96.9 Å². The molecule has 1 aliphatic carbocycles. The normalized spacial score (nSPS) is 13.2. The van der Waals surface area contributed by atoms with Gasteiger partial charge in [0, 0.05) is 18.9 Å². The fraction of sp³-hybridized carbons (Fsp3) is 0.462. The summed E-state index contributed by atoms with van der Waals surface area (Å²) in [5.41, 5.74) is 8.06. The number of carboxylic acids is 1. The Kier molecular flexibility index (Phi) is 17.6. The maximum Gasteiger partial charge on any atom is 0.408 e. The predicted molar refractivity (Wildman–Crippen MR) is 208 cm³/mol. The van der Waals surface area contributed by atoms with E-state index in [1.807, 2.05) is 48.5 Å². The van der Waals surface area contributed by atoms with Crippen LogP contribution in [-0.2, 0) is 47.8 Å². The lowest BCUT2D eigenvalue weighted by Crippen LogP contribution is -2.54. The van der Waals surface area contributed by atoms with Crippen LogP contribution in [0.5, 0.6) is 0 Å².